The third-order valence-corrected chi connectivity index (χ3v) is 10.2. The molecule has 1 heterocycles. The molecule has 6 aromatic carbocycles. The van der Waals surface area contributed by atoms with Crippen LogP contribution in [0.1, 0.15) is 10.4 Å². The highest BCUT2D eigenvalue weighted by atomic mass is 19.2. The molecule has 0 amide bonds. The van der Waals surface area contributed by atoms with Crippen molar-refractivity contribution in [3.8, 4) is 0 Å². The van der Waals surface area contributed by atoms with Crippen LogP contribution >= 0.6 is 0 Å². The average Bonchev–Trinajstić information content (AvgIpc) is 3.31. The summed E-state index contributed by atoms with van der Waals surface area (Å²) in [4.78, 5) is 23.2. The average molecular weight is 972 g/mol. The molecule has 1 aromatic heterocycles. The highest BCUT2D eigenvalue weighted by molar-refractivity contribution is 7.20. The molecule has 7 aromatic rings. The number of aromatic nitrogens is 1. The van der Waals surface area contributed by atoms with Crippen molar-refractivity contribution >= 4 is 50.5 Å². The van der Waals surface area contributed by atoms with Gasteiger partial charge in [-0.05, 0) is 12.1 Å². The minimum atomic E-state index is -7.22. The van der Waals surface area contributed by atoms with Crippen molar-refractivity contribution in [3.63, 3.8) is 0 Å². The Morgan fingerprint density at radius 3 is 1.00 bits per heavy atom. The molecule has 0 aliphatic rings. The lowest BCUT2D eigenvalue weighted by molar-refractivity contribution is -0.703. The molecular weight excluding hydrogens is 959 g/mol. The maximum Gasteiger partial charge on any atom is 0.502 e. The van der Waals surface area contributed by atoms with Gasteiger partial charge >= 0.3 is 5.82 Å². The van der Waals surface area contributed by atoms with Crippen LogP contribution in [-0.2, 0) is 6.54 Å². The zero-order chi connectivity index (χ0) is 49.9. The molecule has 0 unspecified atom stereocenters. The predicted octanol–water partition coefficient (Wildman–Crippen LogP) is 8.76. The minimum Gasteiger partial charge on any atom is -0.287 e. The van der Waals surface area contributed by atoms with E-state index in [0.717, 1.165) is 5.39 Å². The Hall–Kier alpha value is -7.54. The molecule has 0 N–H and O–H groups in total. The van der Waals surface area contributed by atoms with E-state index in [2.05, 4.69) is 0 Å². The number of benzene rings is 6. The molecule has 0 aliphatic carbocycles. The predicted molar refractivity (Wildman–Crippen MR) is 191 cm³/mol. The van der Waals surface area contributed by atoms with Crippen LogP contribution in [0.25, 0.3) is 10.9 Å². The molecule has 0 bridgehead atoms. The first kappa shape index (κ1) is 48.9. The van der Waals surface area contributed by atoms with Gasteiger partial charge in [-0.2, -0.15) is 0 Å². The number of carbonyl (C=O) groups excluding carboxylic acids is 1. The lowest BCUT2D eigenvalue weighted by Crippen LogP contribution is -2.81. The highest BCUT2D eigenvalue weighted by Crippen LogP contribution is 2.31. The normalized spacial score (nSPS) is 11.5. The number of Topliss-reactive ketones (excluding diaryl/α,β-unsaturated/α-hetero) is 1. The van der Waals surface area contributed by atoms with Gasteiger partial charge in [0, 0.05) is 17.0 Å². The van der Waals surface area contributed by atoms with Crippen LogP contribution in [-0.4, -0.2) is 16.9 Å². The summed E-state index contributed by atoms with van der Waals surface area (Å²) in [7, 11) is 0. The number of pyridine rings is 1. The smallest absolute Gasteiger partial charge is 0.287 e. The van der Waals surface area contributed by atoms with Gasteiger partial charge in [0.1, 0.15) is 57.6 Å². The topological polar surface area (TPSA) is 64.1 Å². The number of hydrogen-bond donors (Lipinski definition) is 0. The Balaban J connectivity index is 0.000000279. The summed E-state index contributed by atoms with van der Waals surface area (Å²) < 4.78 is 295. The molecule has 0 saturated heterocycles. The number of carbonyl (C=O) groups is 1. The van der Waals surface area contributed by atoms with E-state index >= 15 is 35.1 Å². The second-order valence-corrected chi connectivity index (χ2v) is 13.7. The van der Waals surface area contributed by atoms with E-state index in [-0.39, 0.29) is 18.1 Å². The van der Waals surface area contributed by atoms with Crippen LogP contribution in [0.4, 0.5) is 93.6 Å². The Bertz CT molecular complexity index is 2850. The fraction of sp³-hybridized carbons (Fsp3) is 0.0244. The third-order valence-electron chi connectivity index (χ3n) is 10.2. The first-order chi connectivity index (χ1) is 31.4. The number of ketones is 1. The molecule has 0 saturated carbocycles. The Kier molecular flexibility index (Phi) is 13.2. The van der Waals surface area contributed by atoms with Crippen molar-refractivity contribution in [2.24, 2.45) is 0 Å². The summed E-state index contributed by atoms with van der Waals surface area (Å²) in [5.41, 5.74) is -13.1. The molecule has 67 heavy (non-hydrogen) atoms. The maximum absolute atomic E-state index is 15.4. The van der Waals surface area contributed by atoms with E-state index in [1.165, 1.54) is 10.6 Å². The largest absolute Gasteiger partial charge is 0.502 e. The van der Waals surface area contributed by atoms with Crippen LogP contribution in [0.3, 0.4) is 0 Å². The fourth-order valence-corrected chi connectivity index (χ4v) is 7.31. The molecule has 0 radical (unpaired) electrons. The Labute approximate surface area is 357 Å². The van der Waals surface area contributed by atoms with E-state index in [0.29, 0.717) is 11.1 Å². The van der Waals surface area contributed by atoms with Gasteiger partial charge in [-0.25, -0.2) is 87.8 Å². The number of fused-ring (bicyclic) bond motifs is 1. The van der Waals surface area contributed by atoms with Crippen molar-refractivity contribution in [1.82, 2.24) is 0 Å². The van der Waals surface area contributed by atoms with E-state index in [4.69, 9.17) is 0 Å². The summed E-state index contributed by atoms with van der Waals surface area (Å²) in [5, 5.41) is 12.1. The molecule has 26 heteroatoms. The van der Waals surface area contributed by atoms with Crippen LogP contribution in [0.2, 0.25) is 0 Å². The van der Waals surface area contributed by atoms with Gasteiger partial charge in [0.25, 0.3) is 0 Å². The van der Waals surface area contributed by atoms with E-state index < -0.39 is 149 Å². The monoisotopic (exact) mass is 972 g/mol. The maximum atomic E-state index is 15.4. The van der Waals surface area contributed by atoms with E-state index in [1.54, 1.807) is 42.5 Å². The first-order valence-corrected chi connectivity index (χ1v) is 17.7. The van der Waals surface area contributed by atoms with Crippen LogP contribution in [0.5, 0.6) is 0 Å². The fourth-order valence-electron chi connectivity index (χ4n) is 7.31. The van der Waals surface area contributed by atoms with Crippen molar-refractivity contribution < 1.29 is 102 Å². The molecule has 0 spiro atoms. The number of nitro groups is 1. The van der Waals surface area contributed by atoms with Gasteiger partial charge in [-0.1, -0.05) is 42.5 Å². The molecule has 0 atom stereocenters. The summed E-state index contributed by atoms with van der Waals surface area (Å²) >= 11 is 0. The summed E-state index contributed by atoms with van der Waals surface area (Å²) in [5.74, 6) is -71.7. The van der Waals surface area contributed by atoms with Crippen LogP contribution in [0.15, 0.2) is 66.7 Å². The summed E-state index contributed by atoms with van der Waals surface area (Å²) in [6.45, 7) is -0.0678. The van der Waals surface area contributed by atoms with Crippen LogP contribution < -0.4 is 26.4 Å². The molecule has 0 aliphatic heterocycles. The molecular formula is C41H13BF20N2O3. The quantitative estimate of drug-likeness (QED) is 0.0224. The zero-order valence-corrected chi connectivity index (χ0v) is 31.8. The van der Waals surface area contributed by atoms with Crippen molar-refractivity contribution in [1.29, 1.82) is 0 Å². The first-order valence-electron chi connectivity index (χ1n) is 17.7. The second-order valence-electron chi connectivity index (χ2n) is 13.7. The lowest BCUT2D eigenvalue weighted by atomic mass is 9.12. The molecule has 0 fully saturated rings. The van der Waals surface area contributed by atoms with Gasteiger partial charge in [0.2, 0.25) is 17.8 Å². The Morgan fingerprint density at radius 1 is 0.403 bits per heavy atom. The number of rotatable bonds is 8. The van der Waals surface area contributed by atoms with E-state index in [1.807, 2.05) is 18.2 Å². The van der Waals surface area contributed by atoms with Gasteiger partial charge in [-0.15, -0.1) is 26.4 Å². The number of hydrogen-bond acceptors (Lipinski definition) is 3. The van der Waals surface area contributed by atoms with E-state index in [9.17, 15) is 67.6 Å². The summed E-state index contributed by atoms with van der Waals surface area (Å²) in [6, 6.07) is 19.2. The van der Waals surface area contributed by atoms with Crippen molar-refractivity contribution in [2.45, 2.75) is 6.54 Å². The third kappa shape index (κ3) is 7.61. The lowest BCUT2D eigenvalue weighted by Gasteiger charge is -2.44. The minimum absolute atomic E-state index is 0.0678. The SMILES string of the molecule is Fc1c(F)c(F)c([B-](c2c(F)c(F)c(F)c(F)c2F)(c2c(F)c(F)c(F)c(F)c2F)c2c(F)c(F)c(F)c(F)c2F)c(F)c1F.O=C(C[n+]1c([N+](=O)[O-])ccc2ccccc21)c1ccccc1. The number of para-hydroxylation sites is 1. The van der Waals surface area contributed by atoms with Gasteiger partial charge < -0.3 is 0 Å². The zero-order valence-electron chi connectivity index (χ0n) is 31.8. The standard InChI is InChI=1S/C24BF20.C17H13N2O3/c26-5-1(6(27)14(35)21(42)13(5)34)25(2-7(28)15(36)22(43)16(37)8(2)29,3-9(30)17(38)23(44)18(39)10(3)31)4-11(32)19(40)24(45)20(41)12(4)33;20-16(14-7-2-1-3-8-14)12-18-15-9-5-4-6-13(15)10-11-17(18)19(21)22/h;1-11H,12H2/q-1;+1. The summed E-state index contributed by atoms with van der Waals surface area (Å²) in [6.07, 6.45) is -7.22. The number of nitrogens with zero attached hydrogens (tertiary/aromatic N) is 2. The highest BCUT2D eigenvalue weighted by Gasteiger charge is 2.52. The molecule has 7 rings (SSSR count). The van der Waals surface area contributed by atoms with Gasteiger partial charge in [0.15, 0.2) is 69.8 Å². The molecule has 5 nitrogen and oxygen atoms in total. The molecule has 348 valence electrons. The Morgan fingerprint density at radius 2 is 0.687 bits per heavy atom. The van der Waals surface area contributed by atoms with Gasteiger partial charge in [0.05, 0.1) is 6.07 Å². The van der Waals surface area contributed by atoms with Crippen molar-refractivity contribution in [2.75, 3.05) is 0 Å². The number of halogens is 20. The van der Waals surface area contributed by atoms with Crippen molar-refractivity contribution in [3.05, 3.63) is 199 Å². The van der Waals surface area contributed by atoms with Crippen LogP contribution in [0, 0.1) is 126 Å². The van der Waals surface area contributed by atoms with Gasteiger partial charge in [-0.3, -0.25) is 14.9 Å². The second kappa shape index (κ2) is 18.0.